The molecule has 152 valence electrons. The molecule has 0 aromatic carbocycles. The lowest BCUT2D eigenvalue weighted by molar-refractivity contribution is 0.999. The number of hydrogen-bond acceptors (Lipinski definition) is 8. The van der Waals surface area contributed by atoms with Gasteiger partial charge in [-0.05, 0) is 5.56 Å². The molecule has 0 spiro atoms. The van der Waals surface area contributed by atoms with E-state index in [-0.39, 0.29) is 17.1 Å². The predicted molar refractivity (Wildman–Crippen MR) is 117 cm³/mol. The van der Waals surface area contributed by atoms with E-state index in [1.54, 1.807) is 30.2 Å². The monoisotopic (exact) mass is 432 g/mol. The molecule has 3 aromatic heterocycles. The number of aromatic nitrogens is 4. The molecule has 3 heterocycles. The highest BCUT2D eigenvalue weighted by atomic mass is 32.2. The number of thiazole rings is 1. The fourth-order valence-corrected chi connectivity index (χ4v) is 3.91. The van der Waals surface area contributed by atoms with Crippen LogP contribution in [-0.2, 0) is 12.2 Å². The molecule has 0 saturated carbocycles. The van der Waals surface area contributed by atoms with E-state index in [9.17, 15) is 9.59 Å². The number of nitrogens with two attached hydrogens (primary N) is 2. The van der Waals surface area contributed by atoms with Crippen molar-refractivity contribution in [3.8, 4) is 0 Å². The number of rotatable bonds is 9. The summed E-state index contributed by atoms with van der Waals surface area (Å²) in [5.41, 5.74) is 12.5. The standard InChI is InChI=1S/C17H20N8O2S2/c18-15(19)25-17-23-12(9-29-17)8-28-4-3-20-16-22-7-11(14(27)24-16)5-10-1-2-13(26)21-6-10/h1-2,6-7,9H,3-5,8H2,(H,21,26)(H4,18,19,23,25)(H2,20,22,24,27). The van der Waals surface area contributed by atoms with E-state index < -0.39 is 0 Å². The molecule has 0 aliphatic carbocycles. The maximum Gasteiger partial charge on any atom is 0.255 e. The summed E-state index contributed by atoms with van der Waals surface area (Å²) in [6.45, 7) is 0.637. The highest BCUT2D eigenvalue weighted by Gasteiger charge is 2.05. The van der Waals surface area contributed by atoms with Gasteiger partial charge >= 0.3 is 0 Å². The SMILES string of the molecule is NC(N)=Nc1nc(CSCCNc2ncc(Cc3ccc(=O)[nH]c3)c(=O)[nH]2)cs1. The first-order valence-electron chi connectivity index (χ1n) is 8.61. The molecule has 0 radical (unpaired) electrons. The van der Waals surface area contributed by atoms with E-state index in [4.69, 9.17) is 11.5 Å². The molecule has 0 saturated heterocycles. The van der Waals surface area contributed by atoms with Gasteiger partial charge in [0, 0.05) is 53.9 Å². The molecule has 0 unspecified atom stereocenters. The van der Waals surface area contributed by atoms with Gasteiger partial charge in [-0.3, -0.25) is 14.6 Å². The van der Waals surface area contributed by atoms with Gasteiger partial charge in [-0.25, -0.2) is 9.97 Å². The molecule has 7 N–H and O–H groups in total. The average molecular weight is 433 g/mol. The Hall–Kier alpha value is -3.12. The molecule has 3 rings (SSSR count). The Morgan fingerprint density at radius 1 is 1.31 bits per heavy atom. The minimum absolute atomic E-state index is 0.00559. The zero-order valence-corrected chi connectivity index (χ0v) is 17.0. The Labute approximate surface area is 173 Å². The van der Waals surface area contributed by atoms with Crippen LogP contribution >= 0.6 is 23.1 Å². The van der Waals surface area contributed by atoms with Crippen LogP contribution in [0.15, 0.2) is 44.5 Å². The number of pyridine rings is 1. The van der Waals surface area contributed by atoms with Crippen LogP contribution in [-0.4, -0.2) is 38.2 Å². The van der Waals surface area contributed by atoms with Crippen LogP contribution in [0.3, 0.4) is 0 Å². The lowest BCUT2D eigenvalue weighted by Crippen LogP contribution is -2.21. The van der Waals surface area contributed by atoms with Gasteiger partial charge in [0.1, 0.15) is 0 Å². The van der Waals surface area contributed by atoms with Gasteiger partial charge in [0.25, 0.3) is 5.56 Å². The predicted octanol–water partition coefficient (Wildman–Crippen LogP) is 0.756. The van der Waals surface area contributed by atoms with E-state index in [2.05, 4.69) is 30.2 Å². The fraction of sp³-hybridized carbons (Fsp3) is 0.235. The Morgan fingerprint density at radius 3 is 2.90 bits per heavy atom. The van der Waals surface area contributed by atoms with E-state index in [0.29, 0.717) is 29.6 Å². The van der Waals surface area contributed by atoms with Gasteiger partial charge in [-0.1, -0.05) is 6.07 Å². The van der Waals surface area contributed by atoms with Crippen molar-refractivity contribution in [2.75, 3.05) is 17.6 Å². The van der Waals surface area contributed by atoms with Crippen molar-refractivity contribution in [3.63, 3.8) is 0 Å². The Balaban J connectivity index is 1.44. The van der Waals surface area contributed by atoms with Gasteiger partial charge in [-0.15, -0.1) is 11.3 Å². The molecule has 3 aromatic rings. The third-order valence-corrected chi connectivity index (χ3v) is 5.45. The van der Waals surface area contributed by atoms with Crippen LogP contribution in [0.5, 0.6) is 0 Å². The van der Waals surface area contributed by atoms with Gasteiger partial charge in [-0.2, -0.15) is 16.8 Å². The summed E-state index contributed by atoms with van der Waals surface area (Å²) >= 11 is 3.08. The maximum atomic E-state index is 12.2. The molecule has 0 amide bonds. The minimum Gasteiger partial charge on any atom is -0.370 e. The first-order valence-corrected chi connectivity index (χ1v) is 10.6. The van der Waals surface area contributed by atoms with Crippen molar-refractivity contribution in [1.82, 2.24) is 19.9 Å². The number of thioether (sulfide) groups is 1. The summed E-state index contributed by atoms with van der Waals surface area (Å²) in [5, 5.41) is 5.56. The summed E-state index contributed by atoms with van der Waals surface area (Å²) in [7, 11) is 0. The van der Waals surface area contributed by atoms with Gasteiger partial charge in [0.15, 0.2) is 5.96 Å². The molecule has 0 aliphatic rings. The van der Waals surface area contributed by atoms with Crippen molar-refractivity contribution in [3.05, 3.63) is 67.4 Å². The summed E-state index contributed by atoms with van der Waals surface area (Å²) in [6.07, 6.45) is 3.53. The summed E-state index contributed by atoms with van der Waals surface area (Å²) in [4.78, 5) is 41.1. The second-order valence-corrected chi connectivity index (χ2v) is 7.90. The largest absolute Gasteiger partial charge is 0.370 e. The van der Waals surface area contributed by atoms with Crippen molar-refractivity contribution in [1.29, 1.82) is 0 Å². The van der Waals surface area contributed by atoms with Crippen LogP contribution in [0.25, 0.3) is 0 Å². The molecule has 0 fully saturated rings. The summed E-state index contributed by atoms with van der Waals surface area (Å²) in [5.74, 6) is 1.96. The van der Waals surface area contributed by atoms with E-state index in [1.807, 2.05) is 5.38 Å². The maximum absolute atomic E-state index is 12.2. The molecule has 0 atom stereocenters. The molecule has 29 heavy (non-hydrogen) atoms. The zero-order chi connectivity index (χ0) is 20.6. The van der Waals surface area contributed by atoms with E-state index >= 15 is 0 Å². The van der Waals surface area contributed by atoms with E-state index in [0.717, 1.165) is 22.8 Å². The fourth-order valence-electron chi connectivity index (χ4n) is 2.35. The van der Waals surface area contributed by atoms with Crippen molar-refractivity contribution < 1.29 is 0 Å². The Bertz CT molecular complexity index is 1080. The molecular weight excluding hydrogens is 412 g/mol. The van der Waals surface area contributed by atoms with Crippen LogP contribution < -0.4 is 27.9 Å². The van der Waals surface area contributed by atoms with Gasteiger partial charge in [0.2, 0.25) is 16.6 Å². The van der Waals surface area contributed by atoms with Gasteiger partial charge < -0.3 is 21.8 Å². The zero-order valence-electron chi connectivity index (χ0n) is 15.3. The number of aliphatic imine (C=N–C) groups is 1. The van der Waals surface area contributed by atoms with Crippen LogP contribution in [0.2, 0.25) is 0 Å². The number of guanidine groups is 1. The van der Waals surface area contributed by atoms with E-state index in [1.165, 1.54) is 17.4 Å². The molecule has 0 aliphatic heterocycles. The highest BCUT2D eigenvalue weighted by Crippen LogP contribution is 2.21. The molecule has 12 heteroatoms. The number of nitrogens with one attached hydrogen (secondary N) is 3. The lowest BCUT2D eigenvalue weighted by atomic mass is 10.1. The Morgan fingerprint density at radius 2 is 2.17 bits per heavy atom. The van der Waals surface area contributed by atoms with Crippen LogP contribution in [0, 0.1) is 0 Å². The smallest absolute Gasteiger partial charge is 0.255 e. The number of hydrogen-bond donors (Lipinski definition) is 5. The van der Waals surface area contributed by atoms with Crippen molar-refractivity contribution >= 4 is 40.1 Å². The Kier molecular flexibility index (Phi) is 7.03. The highest BCUT2D eigenvalue weighted by molar-refractivity contribution is 7.98. The third kappa shape index (κ3) is 6.47. The topological polar surface area (TPSA) is 168 Å². The normalized spacial score (nSPS) is 10.6. The second kappa shape index (κ2) is 9.89. The summed E-state index contributed by atoms with van der Waals surface area (Å²) in [6, 6.07) is 3.11. The first-order chi connectivity index (χ1) is 14.0. The third-order valence-electron chi connectivity index (χ3n) is 3.67. The number of H-pyrrole nitrogens is 2. The molecule has 10 nitrogen and oxygen atoms in total. The molecule has 0 bridgehead atoms. The molecular formula is C17H20N8O2S2. The second-order valence-electron chi connectivity index (χ2n) is 5.96. The van der Waals surface area contributed by atoms with Crippen molar-refractivity contribution in [2.24, 2.45) is 16.5 Å². The quantitative estimate of drug-likeness (QED) is 0.187. The number of aromatic amines is 2. The minimum atomic E-state index is -0.212. The van der Waals surface area contributed by atoms with Crippen molar-refractivity contribution in [2.45, 2.75) is 12.2 Å². The van der Waals surface area contributed by atoms with Gasteiger partial charge in [0.05, 0.1) is 5.69 Å². The number of nitrogens with zero attached hydrogens (tertiary/aromatic N) is 3. The van der Waals surface area contributed by atoms with Crippen LogP contribution in [0.1, 0.15) is 16.8 Å². The lowest BCUT2D eigenvalue weighted by Gasteiger charge is -2.06. The number of anilines is 1. The average Bonchev–Trinajstić information content (AvgIpc) is 3.12. The first kappa shape index (κ1) is 20.6. The summed E-state index contributed by atoms with van der Waals surface area (Å²) < 4.78 is 0. The van der Waals surface area contributed by atoms with Crippen LogP contribution in [0.4, 0.5) is 11.1 Å².